The molecule has 0 fully saturated rings. The van der Waals surface area contributed by atoms with Gasteiger partial charge in [0.2, 0.25) is 11.8 Å². The zero-order chi connectivity index (χ0) is 36.8. The normalized spacial score (nSPS) is 11.4. The Morgan fingerprint density at radius 3 is 1.06 bits per heavy atom. The smallest absolute Gasteiger partial charge is 0.224 e. The third-order valence-electron chi connectivity index (χ3n) is 10.1. The standard InChI is InChI=1S/C45H76N4O2/c1-5-7-9-11-13-15-17-19-21-35-48(3)37-23-25-44(50)46-42-31-27-40(28-32-42)39-41-29-33-43(34-30-41)47-45(51)26-24-38-49(4)36-22-20-18-16-14-12-10-8-6-2/h27-34H,5-26,35-39H2,1-4H3,(H,46,50)(H,47,51). The molecule has 51 heavy (non-hydrogen) atoms. The number of benzene rings is 2. The quantitative estimate of drug-likeness (QED) is 0.0744. The number of carbonyl (C=O) groups excluding carboxylic acids is 2. The van der Waals surface area contributed by atoms with Gasteiger partial charge in [-0.15, -0.1) is 0 Å². The lowest BCUT2D eigenvalue weighted by molar-refractivity contribution is -0.117. The lowest BCUT2D eigenvalue weighted by Crippen LogP contribution is -2.22. The second-order valence-corrected chi connectivity index (χ2v) is 15.1. The van der Waals surface area contributed by atoms with Crippen molar-refractivity contribution in [2.24, 2.45) is 0 Å². The van der Waals surface area contributed by atoms with Crippen molar-refractivity contribution in [2.45, 2.75) is 162 Å². The van der Waals surface area contributed by atoms with Gasteiger partial charge < -0.3 is 20.4 Å². The Balaban J connectivity index is 1.53. The van der Waals surface area contributed by atoms with E-state index in [1.165, 1.54) is 127 Å². The molecule has 0 saturated heterocycles. The predicted molar refractivity (Wildman–Crippen MR) is 221 cm³/mol. The second-order valence-electron chi connectivity index (χ2n) is 15.1. The number of hydrogen-bond acceptors (Lipinski definition) is 4. The third-order valence-corrected chi connectivity index (χ3v) is 10.1. The van der Waals surface area contributed by atoms with Crippen LogP contribution in [0.4, 0.5) is 11.4 Å². The first-order chi connectivity index (χ1) is 24.9. The molecule has 0 bridgehead atoms. The summed E-state index contributed by atoms with van der Waals surface area (Å²) < 4.78 is 0. The van der Waals surface area contributed by atoms with E-state index in [1.54, 1.807) is 0 Å². The van der Waals surface area contributed by atoms with E-state index in [0.717, 1.165) is 56.8 Å². The zero-order valence-corrected chi connectivity index (χ0v) is 33.4. The number of amides is 2. The summed E-state index contributed by atoms with van der Waals surface area (Å²) in [5.74, 6) is 0.163. The summed E-state index contributed by atoms with van der Waals surface area (Å²) in [7, 11) is 4.34. The van der Waals surface area contributed by atoms with Gasteiger partial charge in [-0.1, -0.05) is 141 Å². The average molecular weight is 705 g/mol. The molecule has 2 amide bonds. The summed E-state index contributed by atoms with van der Waals surface area (Å²) in [4.78, 5) is 29.8. The van der Waals surface area contributed by atoms with Crippen molar-refractivity contribution < 1.29 is 9.59 Å². The highest BCUT2D eigenvalue weighted by molar-refractivity contribution is 5.91. The van der Waals surface area contributed by atoms with Gasteiger partial charge in [0.25, 0.3) is 0 Å². The van der Waals surface area contributed by atoms with Crippen molar-refractivity contribution in [3.8, 4) is 0 Å². The molecule has 0 aliphatic rings. The summed E-state index contributed by atoms with van der Waals surface area (Å²) in [6.07, 6.45) is 28.0. The van der Waals surface area contributed by atoms with Crippen LogP contribution in [0.5, 0.6) is 0 Å². The van der Waals surface area contributed by atoms with Crippen LogP contribution in [0.25, 0.3) is 0 Å². The molecule has 0 aliphatic carbocycles. The van der Waals surface area contributed by atoms with Crippen LogP contribution in [0.2, 0.25) is 0 Å². The number of rotatable bonds is 32. The lowest BCUT2D eigenvalue weighted by atomic mass is 10.0. The molecule has 0 unspecified atom stereocenters. The van der Waals surface area contributed by atoms with E-state index in [-0.39, 0.29) is 11.8 Å². The molecule has 0 aromatic heterocycles. The lowest BCUT2D eigenvalue weighted by Gasteiger charge is -2.16. The minimum absolute atomic E-state index is 0.0814. The second kappa shape index (κ2) is 29.8. The number of nitrogens with one attached hydrogen (secondary N) is 2. The fourth-order valence-electron chi connectivity index (χ4n) is 6.72. The maximum Gasteiger partial charge on any atom is 0.224 e. The molecule has 2 aromatic rings. The minimum atomic E-state index is 0.0814. The topological polar surface area (TPSA) is 64.7 Å². The first-order valence-electron chi connectivity index (χ1n) is 21.0. The first-order valence-corrected chi connectivity index (χ1v) is 21.0. The van der Waals surface area contributed by atoms with Gasteiger partial charge in [-0.2, -0.15) is 0 Å². The van der Waals surface area contributed by atoms with Crippen LogP contribution in [0.15, 0.2) is 48.5 Å². The Hall–Kier alpha value is -2.70. The van der Waals surface area contributed by atoms with E-state index in [9.17, 15) is 9.59 Å². The minimum Gasteiger partial charge on any atom is -0.326 e. The summed E-state index contributed by atoms with van der Waals surface area (Å²) in [5, 5.41) is 6.12. The predicted octanol–water partition coefficient (Wildman–Crippen LogP) is 11.6. The largest absolute Gasteiger partial charge is 0.326 e. The van der Waals surface area contributed by atoms with Crippen molar-refractivity contribution >= 4 is 23.2 Å². The zero-order valence-electron chi connectivity index (χ0n) is 33.4. The van der Waals surface area contributed by atoms with Crippen LogP contribution in [0.3, 0.4) is 0 Å². The van der Waals surface area contributed by atoms with Crippen molar-refractivity contribution in [2.75, 3.05) is 50.9 Å². The molecule has 6 heteroatoms. The summed E-state index contributed by atoms with van der Waals surface area (Å²) in [6, 6.07) is 16.3. The van der Waals surface area contributed by atoms with Gasteiger partial charge in [0.1, 0.15) is 0 Å². The number of nitrogens with zero attached hydrogens (tertiary/aromatic N) is 2. The number of anilines is 2. The van der Waals surface area contributed by atoms with Gasteiger partial charge in [0.15, 0.2) is 0 Å². The van der Waals surface area contributed by atoms with Crippen LogP contribution in [-0.4, -0.2) is 61.9 Å². The molecule has 288 valence electrons. The van der Waals surface area contributed by atoms with Crippen LogP contribution in [-0.2, 0) is 16.0 Å². The van der Waals surface area contributed by atoms with Crippen molar-refractivity contribution in [3.05, 3.63) is 59.7 Å². The molecular formula is C45H76N4O2. The highest BCUT2D eigenvalue weighted by atomic mass is 16.2. The Kier molecular flexibility index (Phi) is 26.0. The molecule has 0 radical (unpaired) electrons. The summed E-state index contributed by atoms with van der Waals surface area (Å²) >= 11 is 0. The van der Waals surface area contributed by atoms with E-state index in [4.69, 9.17) is 0 Å². The fraction of sp³-hybridized carbons (Fsp3) is 0.689. The average Bonchev–Trinajstić information content (AvgIpc) is 3.12. The van der Waals surface area contributed by atoms with Gasteiger partial charge in [-0.05, 0) is 108 Å². The highest BCUT2D eigenvalue weighted by Gasteiger charge is 2.07. The number of carbonyl (C=O) groups is 2. The SMILES string of the molecule is CCCCCCCCCCCN(C)CCCC(=O)Nc1ccc(Cc2ccc(NC(=O)CCCN(C)CCCCCCCCCCC)cc2)cc1. The summed E-state index contributed by atoms with van der Waals surface area (Å²) in [5.41, 5.74) is 4.07. The number of hydrogen-bond donors (Lipinski definition) is 2. The van der Waals surface area contributed by atoms with Gasteiger partial charge >= 0.3 is 0 Å². The Labute approximate surface area is 313 Å². The Morgan fingerprint density at radius 2 is 0.725 bits per heavy atom. The Morgan fingerprint density at radius 1 is 0.431 bits per heavy atom. The maximum absolute atomic E-state index is 12.5. The maximum atomic E-state index is 12.5. The van der Waals surface area contributed by atoms with Gasteiger partial charge in [-0.25, -0.2) is 0 Å². The van der Waals surface area contributed by atoms with Crippen LogP contribution >= 0.6 is 0 Å². The van der Waals surface area contributed by atoms with E-state index < -0.39 is 0 Å². The fourth-order valence-corrected chi connectivity index (χ4v) is 6.72. The molecule has 2 aromatic carbocycles. The van der Waals surface area contributed by atoms with E-state index in [0.29, 0.717) is 12.8 Å². The van der Waals surface area contributed by atoms with E-state index in [1.807, 2.05) is 24.3 Å². The van der Waals surface area contributed by atoms with Crippen molar-refractivity contribution in [3.63, 3.8) is 0 Å². The van der Waals surface area contributed by atoms with Crippen LogP contribution < -0.4 is 10.6 Å². The summed E-state index contributed by atoms with van der Waals surface area (Å²) in [6.45, 7) is 8.70. The third kappa shape index (κ3) is 24.2. The van der Waals surface area contributed by atoms with Crippen molar-refractivity contribution in [1.29, 1.82) is 0 Å². The van der Waals surface area contributed by atoms with Crippen LogP contribution in [0, 0.1) is 0 Å². The highest BCUT2D eigenvalue weighted by Crippen LogP contribution is 2.17. The molecule has 0 aliphatic heterocycles. The Bertz CT molecular complexity index is 1040. The monoisotopic (exact) mass is 705 g/mol. The van der Waals surface area contributed by atoms with Crippen LogP contribution in [0.1, 0.15) is 166 Å². The molecule has 2 N–H and O–H groups in total. The molecule has 0 atom stereocenters. The molecule has 0 spiro atoms. The van der Waals surface area contributed by atoms with Gasteiger partial charge in [-0.3, -0.25) is 9.59 Å². The van der Waals surface area contributed by atoms with Gasteiger partial charge in [0, 0.05) is 24.2 Å². The van der Waals surface area contributed by atoms with E-state index in [2.05, 4.69) is 72.6 Å². The molecule has 6 nitrogen and oxygen atoms in total. The first kappa shape index (κ1) is 44.5. The molecular weight excluding hydrogens is 629 g/mol. The van der Waals surface area contributed by atoms with Gasteiger partial charge in [0.05, 0.1) is 0 Å². The molecule has 0 heterocycles. The van der Waals surface area contributed by atoms with Crippen molar-refractivity contribution in [1.82, 2.24) is 9.80 Å². The van der Waals surface area contributed by atoms with E-state index >= 15 is 0 Å². The molecule has 0 saturated carbocycles. The molecule has 2 rings (SSSR count). The number of unbranched alkanes of at least 4 members (excludes halogenated alkanes) is 16.